The van der Waals surface area contributed by atoms with Crippen LogP contribution in [0.25, 0.3) is 0 Å². The predicted molar refractivity (Wildman–Crippen MR) is 108 cm³/mol. The van der Waals surface area contributed by atoms with Crippen LogP contribution in [0.3, 0.4) is 0 Å². The van der Waals surface area contributed by atoms with Crippen molar-refractivity contribution in [3.05, 3.63) is 41.7 Å². The Morgan fingerprint density at radius 2 is 2.04 bits per heavy atom. The van der Waals surface area contributed by atoms with Crippen LogP contribution in [0.2, 0.25) is 0 Å². The SMILES string of the molecule is COc1ccc(C(C)(C)CNC(=O)[C@H]2CNC[C@@H]2c2cnn(C)c2)cc1OC. The molecule has 0 unspecified atom stereocenters. The minimum Gasteiger partial charge on any atom is -0.493 e. The first-order valence-electron chi connectivity index (χ1n) is 9.55. The van der Waals surface area contributed by atoms with Crippen LogP contribution in [0.1, 0.15) is 30.9 Å². The van der Waals surface area contributed by atoms with Crippen molar-refractivity contribution < 1.29 is 14.3 Å². The Morgan fingerprint density at radius 1 is 1.29 bits per heavy atom. The van der Waals surface area contributed by atoms with Gasteiger partial charge in [-0.3, -0.25) is 9.48 Å². The van der Waals surface area contributed by atoms with Gasteiger partial charge in [-0.2, -0.15) is 5.10 Å². The molecule has 1 aromatic carbocycles. The highest BCUT2D eigenvalue weighted by atomic mass is 16.5. The van der Waals surface area contributed by atoms with Gasteiger partial charge in [-0.25, -0.2) is 0 Å². The fourth-order valence-corrected chi connectivity index (χ4v) is 3.73. The number of amides is 1. The van der Waals surface area contributed by atoms with Gasteiger partial charge in [0, 0.05) is 44.2 Å². The van der Waals surface area contributed by atoms with Crippen molar-refractivity contribution in [3.63, 3.8) is 0 Å². The Hall–Kier alpha value is -2.54. The van der Waals surface area contributed by atoms with Crippen LogP contribution in [0.5, 0.6) is 11.5 Å². The standard InChI is InChI=1S/C21H30N4O3/c1-21(2,15-6-7-18(27-4)19(8-15)28-5)13-23-20(26)17-11-22-10-16(17)14-9-24-25(3)12-14/h6-9,12,16-17,22H,10-11,13H2,1-5H3,(H,23,26)/t16-,17+/m1/s1. The van der Waals surface area contributed by atoms with Gasteiger partial charge in [0.05, 0.1) is 26.3 Å². The van der Waals surface area contributed by atoms with Gasteiger partial charge in [0.1, 0.15) is 0 Å². The van der Waals surface area contributed by atoms with Crippen LogP contribution in [0.15, 0.2) is 30.6 Å². The molecule has 7 nitrogen and oxygen atoms in total. The van der Waals surface area contributed by atoms with Crippen molar-refractivity contribution in [3.8, 4) is 11.5 Å². The quantitative estimate of drug-likeness (QED) is 0.759. The lowest BCUT2D eigenvalue weighted by Gasteiger charge is -2.28. The van der Waals surface area contributed by atoms with Gasteiger partial charge in [0.2, 0.25) is 5.91 Å². The molecule has 0 saturated carbocycles. The number of carbonyl (C=O) groups is 1. The van der Waals surface area contributed by atoms with Crippen molar-refractivity contribution in [2.24, 2.45) is 13.0 Å². The fraction of sp³-hybridized carbons (Fsp3) is 0.524. The number of benzene rings is 1. The van der Waals surface area contributed by atoms with Crippen LogP contribution in [0.4, 0.5) is 0 Å². The van der Waals surface area contributed by atoms with Gasteiger partial charge in [-0.05, 0) is 23.3 Å². The predicted octanol–water partition coefficient (Wildman–Crippen LogP) is 1.83. The molecule has 0 aliphatic carbocycles. The van der Waals surface area contributed by atoms with Crippen molar-refractivity contribution >= 4 is 5.91 Å². The van der Waals surface area contributed by atoms with Crippen LogP contribution < -0.4 is 20.1 Å². The normalized spacial score (nSPS) is 19.5. The van der Waals surface area contributed by atoms with Gasteiger partial charge in [0.15, 0.2) is 11.5 Å². The molecular formula is C21H30N4O3. The number of rotatable bonds is 7. The zero-order chi connectivity index (χ0) is 20.3. The number of hydrogen-bond donors (Lipinski definition) is 2. The summed E-state index contributed by atoms with van der Waals surface area (Å²) in [6.45, 7) is 6.24. The number of carbonyl (C=O) groups excluding carboxylic acids is 1. The first kappa shape index (κ1) is 20.2. The summed E-state index contributed by atoms with van der Waals surface area (Å²) in [7, 11) is 5.14. The Balaban J connectivity index is 1.67. The van der Waals surface area contributed by atoms with Crippen molar-refractivity contribution in [2.45, 2.75) is 25.2 Å². The lowest BCUT2D eigenvalue weighted by molar-refractivity contribution is -0.125. The maximum absolute atomic E-state index is 12.9. The lowest BCUT2D eigenvalue weighted by Crippen LogP contribution is -2.41. The maximum atomic E-state index is 12.9. The summed E-state index contributed by atoms with van der Waals surface area (Å²) in [4.78, 5) is 12.9. The van der Waals surface area contributed by atoms with Gasteiger partial charge < -0.3 is 20.1 Å². The van der Waals surface area contributed by atoms with E-state index < -0.39 is 0 Å². The molecular weight excluding hydrogens is 356 g/mol. The Kier molecular flexibility index (Phi) is 5.93. The number of aryl methyl sites for hydroxylation is 1. The van der Waals surface area contributed by atoms with E-state index in [2.05, 4.69) is 29.6 Å². The number of aromatic nitrogens is 2. The summed E-state index contributed by atoms with van der Waals surface area (Å²) >= 11 is 0. The smallest absolute Gasteiger partial charge is 0.225 e. The molecule has 152 valence electrons. The molecule has 2 N–H and O–H groups in total. The second-order valence-corrected chi connectivity index (χ2v) is 7.99. The Morgan fingerprint density at radius 3 is 2.68 bits per heavy atom. The molecule has 3 rings (SSSR count). The maximum Gasteiger partial charge on any atom is 0.225 e. The van der Waals surface area contributed by atoms with E-state index in [0.29, 0.717) is 24.6 Å². The monoisotopic (exact) mass is 386 g/mol. The van der Waals surface area contributed by atoms with Crippen molar-refractivity contribution in [1.29, 1.82) is 0 Å². The highest BCUT2D eigenvalue weighted by Crippen LogP contribution is 2.33. The van der Waals surface area contributed by atoms with Crippen molar-refractivity contribution in [1.82, 2.24) is 20.4 Å². The minimum atomic E-state index is -0.245. The van der Waals surface area contributed by atoms with Crippen LogP contribution >= 0.6 is 0 Å². The van der Waals surface area contributed by atoms with E-state index in [1.54, 1.807) is 18.9 Å². The van der Waals surface area contributed by atoms with E-state index in [4.69, 9.17) is 9.47 Å². The molecule has 1 amide bonds. The molecule has 0 spiro atoms. The highest BCUT2D eigenvalue weighted by Gasteiger charge is 2.35. The van der Waals surface area contributed by atoms with Crippen LogP contribution in [-0.2, 0) is 17.3 Å². The zero-order valence-electron chi connectivity index (χ0n) is 17.3. The van der Waals surface area contributed by atoms with E-state index in [0.717, 1.165) is 17.7 Å². The van der Waals surface area contributed by atoms with E-state index >= 15 is 0 Å². The van der Waals surface area contributed by atoms with Gasteiger partial charge in [0.25, 0.3) is 0 Å². The second-order valence-electron chi connectivity index (χ2n) is 7.99. The fourth-order valence-electron chi connectivity index (χ4n) is 3.73. The summed E-state index contributed by atoms with van der Waals surface area (Å²) < 4.78 is 12.5. The average molecular weight is 386 g/mol. The van der Waals surface area contributed by atoms with Gasteiger partial charge >= 0.3 is 0 Å². The first-order chi connectivity index (χ1) is 13.4. The highest BCUT2D eigenvalue weighted by molar-refractivity contribution is 5.80. The molecule has 0 bridgehead atoms. The third-order valence-electron chi connectivity index (χ3n) is 5.57. The number of hydrogen-bond acceptors (Lipinski definition) is 5. The molecule has 1 fully saturated rings. The largest absolute Gasteiger partial charge is 0.493 e. The van der Waals surface area contributed by atoms with Crippen molar-refractivity contribution in [2.75, 3.05) is 33.9 Å². The number of methoxy groups -OCH3 is 2. The molecule has 7 heteroatoms. The first-order valence-corrected chi connectivity index (χ1v) is 9.55. The molecule has 2 atom stereocenters. The van der Waals surface area contributed by atoms with Crippen LogP contribution in [-0.4, -0.2) is 49.5 Å². The molecule has 2 aromatic rings. The average Bonchev–Trinajstić information content (AvgIpc) is 3.34. The third-order valence-corrected chi connectivity index (χ3v) is 5.57. The second kappa shape index (κ2) is 8.22. The Bertz CT molecular complexity index is 831. The third kappa shape index (κ3) is 4.14. The minimum absolute atomic E-state index is 0.0763. The number of ether oxygens (including phenoxy) is 2. The summed E-state index contributed by atoms with van der Waals surface area (Å²) in [5, 5.41) is 10.7. The number of nitrogens with zero attached hydrogens (tertiary/aromatic N) is 2. The van der Waals surface area contributed by atoms with E-state index in [1.807, 2.05) is 37.6 Å². The topological polar surface area (TPSA) is 77.4 Å². The summed E-state index contributed by atoms with van der Waals surface area (Å²) in [5.41, 5.74) is 1.94. The van der Waals surface area contributed by atoms with E-state index in [-0.39, 0.29) is 23.2 Å². The van der Waals surface area contributed by atoms with E-state index in [9.17, 15) is 4.79 Å². The van der Waals surface area contributed by atoms with Crippen LogP contribution in [0, 0.1) is 5.92 Å². The summed E-state index contributed by atoms with van der Waals surface area (Å²) in [5.74, 6) is 1.52. The summed E-state index contributed by atoms with van der Waals surface area (Å²) in [6, 6.07) is 5.89. The molecule has 1 aliphatic heterocycles. The van der Waals surface area contributed by atoms with Gasteiger partial charge in [-0.1, -0.05) is 19.9 Å². The molecule has 1 aromatic heterocycles. The molecule has 1 aliphatic rings. The zero-order valence-corrected chi connectivity index (χ0v) is 17.3. The summed E-state index contributed by atoms with van der Waals surface area (Å²) in [6.07, 6.45) is 3.84. The van der Waals surface area contributed by atoms with E-state index in [1.165, 1.54) is 0 Å². The lowest BCUT2D eigenvalue weighted by atomic mass is 9.83. The molecule has 1 saturated heterocycles. The molecule has 2 heterocycles. The molecule has 28 heavy (non-hydrogen) atoms. The number of nitrogens with one attached hydrogen (secondary N) is 2. The Labute approximate surface area is 166 Å². The molecule has 0 radical (unpaired) electrons. The van der Waals surface area contributed by atoms with Gasteiger partial charge in [-0.15, -0.1) is 0 Å².